The fourth-order valence-corrected chi connectivity index (χ4v) is 4.35. The summed E-state index contributed by atoms with van der Waals surface area (Å²) in [7, 11) is 3.52. The zero-order chi connectivity index (χ0) is 19.4. The van der Waals surface area contributed by atoms with Gasteiger partial charge in [-0.15, -0.1) is 0 Å². The molecule has 3 rings (SSSR count). The van der Waals surface area contributed by atoms with E-state index in [1.54, 1.807) is 12.0 Å². The summed E-state index contributed by atoms with van der Waals surface area (Å²) >= 11 is 0. The Kier molecular flexibility index (Phi) is 6.60. The van der Waals surface area contributed by atoms with E-state index in [1.807, 2.05) is 20.0 Å². The number of piperidine rings is 1. The minimum atomic E-state index is -0.280. The number of fused-ring (bicyclic) bond motifs is 1. The van der Waals surface area contributed by atoms with Gasteiger partial charge in [0.25, 0.3) is 0 Å². The first-order valence-corrected chi connectivity index (χ1v) is 10.1. The number of nitrogens with one attached hydrogen (secondary N) is 1. The number of β-amino-alcohol motifs (C(OH)–C–C–N with tert-alkyl or cyclic N) is 1. The smallest absolute Gasteiger partial charge is 0.321 e. The van der Waals surface area contributed by atoms with Crippen LogP contribution in [0.4, 0.5) is 10.5 Å². The summed E-state index contributed by atoms with van der Waals surface area (Å²) in [6.07, 6.45) is 5.05. The minimum Gasteiger partial charge on any atom is -0.495 e. The maximum Gasteiger partial charge on any atom is 0.321 e. The Morgan fingerprint density at radius 2 is 2.11 bits per heavy atom. The zero-order valence-electron chi connectivity index (χ0n) is 16.8. The molecule has 1 aliphatic carbocycles. The Hall–Kier alpha value is -1.79. The molecule has 1 aromatic carbocycles. The Morgan fingerprint density at radius 3 is 2.78 bits per heavy atom. The highest BCUT2D eigenvalue weighted by atomic mass is 16.5. The SMILES string of the molecule is COc1ccc2c(c1NC(=O)N(C)CC1CCN(C[C@H](C)O)CC1)CCC2. The Morgan fingerprint density at radius 1 is 1.37 bits per heavy atom. The van der Waals surface area contributed by atoms with Crippen molar-refractivity contribution >= 4 is 11.7 Å². The van der Waals surface area contributed by atoms with Crippen LogP contribution in [0.5, 0.6) is 5.75 Å². The lowest BCUT2D eigenvalue weighted by Gasteiger charge is -2.34. The van der Waals surface area contributed by atoms with Gasteiger partial charge >= 0.3 is 6.03 Å². The summed E-state index contributed by atoms with van der Waals surface area (Å²) in [5, 5.41) is 12.6. The number of aryl methyl sites for hydroxylation is 1. The molecule has 0 radical (unpaired) electrons. The lowest BCUT2D eigenvalue weighted by atomic mass is 9.96. The molecule has 6 heteroatoms. The molecular weight excluding hydrogens is 342 g/mol. The molecule has 0 saturated carbocycles. The van der Waals surface area contributed by atoms with Crippen molar-refractivity contribution in [2.75, 3.05) is 45.7 Å². The topological polar surface area (TPSA) is 65.0 Å². The molecule has 1 fully saturated rings. The van der Waals surface area contributed by atoms with E-state index < -0.39 is 0 Å². The van der Waals surface area contributed by atoms with Crippen molar-refractivity contribution in [1.82, 2.24) is 9.80 Å². The van der Waals surface area contributed by atoms with Crippen molar-refractivity contribution in [3.8, 4) is 5.75 Å². The van der Waals surface area contributed by atoms with Gasteiger partial charge in [0.1, 0.15) is 5.75 Å². The van der Waals surface area contributed by atoms with Crippen LogP contribution < -0.4 is 10.1 Å². The first-order chi connectivity index (χ1) is 13.0. The molecule has 2 N–H and O–H groups in total. The lowest BCUT2D eigenvalue weighted by Crippen LogP contribution is -2.42. The number of methoxy groups -OCH3 is 1. The number of ether oxygens (including phenoxy) is 1. The van der Waals surface area contributed by atoms with Crippen LogP contribution in [0, 0.1) is 5.92 Å². The Bertz CT molecular complexity index is 654. The largest absolute Gasteiger partial charge is 0.495 e. The van der Waals surface area contributed by atoms with Gasteiger partial charge in [-0.3, -0.25) is 0 Å². The summed E-state index contributed by atoms with van der Waals surface area (Å²) < 4.78 is 5.49. The van der Waals surface area contributed by atoms with Crippen LogP contribution >= 0.6 is 0 Å². The molecule has 0 unspecified atom stereocenters. The van der Waals surface area contributed by atoms with Crippen LogP contribution in [0.2, 0.25) is 0 Å². The van der Waals surface area contributed by atoms with E-state index in [-0.39, 0.29) is 12.1 Å². The number of anilines is 1. The molecule has 1 aliphatic heterocycles. The second-order valence-electron chi connectivity index (χ2n) is 8.04. The molecule has 0 spiro atoms. The predicted octanol–water partition coefficient (Wildman–Crippen LogP) is 2.74. The van der Waals surface area contributed by atoms with Crippen molar-refractivity contribution in [1.29, 1.82) is 0 Å². The van der Waals surface area contributed by atoms with E-state index in [0.29, 0.717) is 5.92 Å². The number of rotatable bonds is 6. The van der Waals surface area contributed by atoms with Crippen LogP contribution in [-0.4, -0.2) is 67.4 Å². The van der Waals surface area contributed by atoms with Gasteiger partial charge in [0.2, 0.25) is 0 Å². The summed E-state index contributed by atoms with van der Waals surface area (Å²) in [6, 6.07) is 4.00. The van der Waals surface area contributed by atoms with E-state index in [9.17, 15) is 9.90 Å². The first kappa shape index (κ1) is 20.0. The highest BCUT2D eigenvalue weighted by Gasteiger charge is 2.24. The van der Waals surface area contributed by atoms with Crippen molar-refractivity contribution in [3.05, 3.63) is 23.3 Å². The third kappa shape index (κ3) is 4.93. The molecule has 2 aliphatic rings. The van der Waals surface area contributed by atoms with Crippen LogP contribution in [0.15, 0.2) is 12.1 Å². The summed E-state index contributed by atoms with van der Waals surface area (Å²) in [6.45, 7) is 5.31. The maximum atomic E-state index is 12.8. The molecule has 6 nitrogen and oxygen atoms in total. The van der Waals surface area contributed by atoms with Gasteiger partial charge in [0, 0.05) is 20.1 Å². The molecule has 1 heterocycles. The quantitative estimate of drug-likeness (QED) is 0.802. The van der Waals surface area contributed by atoms with Gasteiger partial charge in [-0.2, -0.15) is 0 Å². The Labute approximate surface area is 162 Å². The van der Waals surface area contributed by atoms with E-state index >= 15 is 0 Å². The molecule has 1 aromatic rings. The fourth-order valence-electron chi connectivity index (χ4n) is 4.35. The maximum absolute atomic E-state index is 12.8. The molecule has 1 saturated heterocycles. The number of urea groups is 1. The number of hydrogen-bond donors (Lipinski definition) is 2. The molecular formula is C21H33N3O3. The van der Waals surface area contributed by atoms with Crippen molar-refractivity contribution in [2.45, 2.75) is 45.1 Å². The minimum absolute atomic E-state index is 0.0694. The second-order valence-corrected chi connectivity index (χ2v) is 8.04. The average molecular weight is 376 g/mol. The second kappa shape index (κ2) is 8.93. The number of amides is 2. The Balaban J connectivity index is 1.56. The van der Waals surface area contributed by atoms with Crippen molar-refractivity contribution in [2.24, 2.45) is 5.92 Å². The number of likely N-dealkylation sites (tertiary alicyclic amines) is 1. The van der Waals surface area contributed by atoms with Crippen LogP contribution in [0.3, 0.4) is 0 Å². The highest BCUT2D eigenvalue weighted by molar-refractivity contribution is 5.92. The first-order valence-electron chi connectivity index (χ1n) is 10.1. The average Bonchev–Trinajstić information content (AvgIpc) is 3.12. The summed E-state index contributed by atoms with van der Waals surface area (Å²) in [5.74, 6) is 1.25. The van der Waals surface area contributed by atoms with E-state index in [0.717, 1.165) is 69.7 Å². The number of nitrogens with zero attached hydrogens (tertiary/aromatic N) is 2. The number of aliphatic hydroxyl groups excluding tert-OH is 1. The predicted molar refractivity (Wildman–Crippen MR) is 108 cm³/mol. The normalized spacial score (nSPS) is 18.8. The van der Waals surface area contributed by atoms with Crippen LogP contribution in [0.25, 0.3) is 0 Å². The number of carbonyl (C=O) groups is 1. The fraction of sp³-hybridized carbons (Fsp3) is 0.667. The zero-order valence-corrected chi connectivity index (χ0v) is 16.8. The molecule has 0 bridgehead atoms. The number of aliphatic hydroxyl groups is 1. The molecule has 1 atom stereocenters. The van der Waals surface area contributed by atoms with E-state index in [2.05, 4.69) is 16.3 Å². The standard InChI is InChI=1S/C21H33N3O3/c1-15(25)13-24-11-9-16(10-12-24)14-23(2)21(26)22-20-18-6-4-5-17(18)7-8-19(20)27-3/h7-8,15-16,25H,4-6,9-14H2,1-3H3,(H,22,26)/t15-/m0/s1. The highest BCUT2D eigenvalue weighted by Crippen LogP contribution is 2.36. The third-order valence-corrected chi connectivity index (χ3v) is 5.80. The van der Waals surface area contributed by atoms with E-state index in [4.69, 9.17) is 4.74 Å². The molecule has 0 aromatic heterocycles. The monoisotopic (exact) mass is 375 g/mol. The number of hydrogen-bond acceptors (Lipinski definition) is 4. The van der Waals surface area contributed by atoms with Crippen molar-refractivity contribution in [3.63, 3.8) is 0 Å². The molecule has 27 heavy (non-hydrogen) atoms. The van der Waals surface area contributed by atoms with Gasteiger partial charge in [-0.05, 0) is 75.2 Å². The van der Waals surface area contributed by atoms with Gasteiger partial charge < -0.3 is 25.0 Å². The molecule has 150 valence electrons. The van der Waals surface area contributed by atoms with Gasteiger partial charge in [-0.1, -0.05) is 6.07 Å². The molecule has 2 amide bonds. The van der Waals surface area contributed by atoms with Crippen LogP contribution in [-0.2, 0) is 12.8 Å². The lowest BCUT2D eigenvalue weighted by molar-refractivity contribution is 0.0951. The van der Waals surface area contributed by atoms with E-state index in [1.165, 1.54) is 11.1 Å². The van der Waals surface area contributed by atoms with Crippen molar-refractivity contribution < 1.29 is 14.6 Å². The van der Waals surface area contributed by atoms with Gasteiger partial charge in [0.15, 0.2) is 0 Å². The summed E-state index contributed by atoms with van der Waals surface area (Å²) in [5.41, 5.74) is 3.39. The number of carbonyl (C=O) groups excluding carboxylic acids is 1. The summed E-state index contributed by atoms with van der Waals surface area (Å²) in [4.78, 5) is 16.9. The van der Waals surface area contributed by atoms with Crippen LogP contribution in [0.1, 0.15) is 37.3 Å². The third-order valence-electron chi connectivity index (χ3n) is 5.80. The van der Waals surface area contributed by atoms with Gasteiger partial charge in [-0.25, -0.2) is 4.79 Å². The number of benzene rings is 1. The van der Waals surface area contributed by atoms with Gasteiger partial charge in [0.05, 0.1) is 18.9 Å².